The number of halogens is 1. The fourth-order valence-corrected chi connectivity index (χ4v) is 3.87. The summed E-state index contributed by atoms with van der Waals surface area (Å²) >= 11 is 0. The SMILES string of the molecule is COc1ccc(OC[C@H](C)NC(=O)[C@H](C)N(c2ccc(F)cc2)S(C)(=O)=O)cc1. The average molecular weight is 424 g/mol. The normalized spacial score (nSPS) is 13.3. The first-order valence-electron chi connectivity index (χ1n) is 8.94. The number of benzene rings is 2. The van der Waals surface area contributed by atoms with Gasteiger partial charge in [0.15, 0.2) is 0 Å². The van der Waals surface area contributed by atoms with Crippen LogP contribution in [0.3, 0.4) is 0 Å². The Morgan fingerprint density at radius 2 is 1.62 bits per heavy atom. The molecule has 0 unspecified atom stereocenters. The number of nitrogens with one attached hydrogen (secondary N) is 1. The molecule has 1 N–H and O–H groups in total. The Morgan fingerprint density at radius 1 is 1.07 bits per heavy atom. The van der Waals surface area contributed by atoms with Crippen molar-refractivity contribution in [1.82, 2.24) is 5.32 Å². The van der Waals surface area contributed by atoms with Gasteiger partial charge < -0.3 is 14.8 Å². The minimum atomic E-state index is -3.77. The van der Waals surface area contributed by atoms with E-state index >= 15 is 0 Å². The summed E-state index contributed by atoms with van der Waals surface area (Å²) in [6.45, 7) is 3.41. The summed E-state index contributed by atoms with van der Waals surface area (Å²) in [5.41, 5.74) is 0.207. The number of ether oxygens (including phenoxy) is 2. The maximum atomic E-state index is 13.2. The molecule has 2 aromatic carbocycles. The summed E-state index contributed by atoms with van der Waals surface area (Å²) in [6.07, 6.45) is 0.996. The molecule has 29 heavy (non-hydrogen) atoms. The predicted molar refractivity (Wildman–Crippen MR) is 109 cm³/mol. The van der Waals surface area contributed by atoms with Crippen LogP contribution in [0.5, 0.6) is 11.5 Å². The summed E-state index contributed by atoms with van der Waals surface area (Å²) in [5, 5.41) is 2.74. The molecule has 0 aliphatic carbocycles. The number of hydrogen-bond donors (Lipinski definition) is 1. The Hall–Kier alpha value is -2.81. The molecule has 0 aliphatic rings. The Morgan fingerprint density at radius 3 is 2.14 bits per heavy atom. The van der Waals surface area contributed by atoms with E-state index in [1.807, 2.05) is 0 Å². The minimum Gasteiger partial charge on any atom is -0.497 e. The number of amides is 1. The molecule has 7 nitrogen and oxygen atoms in total. The van der Waals surface area contributed by atoms with E-state index in [-0.39, 0.29) is 18.3 Å². The lowest BCUT2D eigenvalue weighted by Gasteiger charge is -2.29. The molecule has 2 aromatic rings. The smallest absolute Gasteiger partial charge is 0.243 e. The van der Waals surface area contributed by atoms with Crippen molar-refractivity contribution in [1.29, 1.82) is 0 Å². The number of hydrogen-bond acceptors (Lipinski definition) is 5. The van der Waals surface area contributed by atoms with Crippen LogP contribution in [0.25, 0.3) is 0 Å². The number of rotatable bonds is 9. The average Bonchev–Trinajstić information content (AvgIpc) is 2.67. The second kappa shape index (κ2) is 9.60. The molecule has 0 radical (unpaired) electrons. The van der Waals surface area contributed by atoms with Crippen molar-refractivity contribution in [2.24, 2.45) is 0 Å². The third kappa shape index (κ3) is 6.35. The maximum absolute atomic E-state index is 13.2. The van der Waals surface area contributed by atoms with Crippen LogP contribution in [0.2, 0.25) is 0 Å². The van der Waals surface area contributed by atoms with Gasteiger partial charge in [-0.25, -0.2) is 12.8 Å². The van der Waals surface area contributed by atoms with E-state index in [0.29, 0.717) is 11.5 Å². The molecule has 1 amide bonds. The second-order valence-electron chi connectivity index (χ2n) is 6.61. The van der Waals surface area contributed by atoms with Crippen LogP contribution in [0, 0.1) is 5.82 Å². The van der Waals surface area contributed by atoms with E-state index in [1.165, 1.54) is 19.1 Å². The van der Waals surface area contributed by atoms with Gasteiger partial charge in [-0.05, 0) is 62.4 Å². The van der Waals surface area contributed by atoms with Crippen molar-refractivity contribution in [2.75, 3.05) is 24.3 Å². The first-order valence-corrected chi connectivity index (χ1v) is 10.8. The quantitative estimate of drug-likeness (QED) is 0.669. The van der Waals surface area contributed by atoms with Crippen molar-refractivity contribution in [3.63, 3.8) is 0 Å². The monoisotopic (exact) mass is 424 g/mol. The first kappa shape index (κ1) is 22.5. The Labute approximate surface area is 170 Å². The topological polar surface area (TPSA) is 84.9 Å². The lowest BCUT2D eigenvalue weighted by atomic mass is 10.2. The number of carbonyl (C=O) groups excluding carboxylic acids is 1. The zero-order valence-electron chi connectivity index (χ0n) is 16.8. The number of nitrogens with zero attached hydrogens (tertiary/aromatic N) is 1. The number of methoxy groups -OCH3 is 1. The highest BCUT2D eigenvalue weighted by Gasteiger charge is 2.29. The summed E-state index contributed by atoms with van der Waals surface area (Å²) in [7, 11) is -2.20. The van der Waals surface area contributed by atoms with Gasteiger partial charge in [0.2, 0.25) is 15.9 Å². The van der Waals surface area contributed by atoms with Crippen molar-refractivity contribution in [3.8, 4) is 11.5 Å². The maximum Gasteiger partial charge on any atom is 0.243 e. The first-order chi connectivity index (χ1) is 13.6. The van der Waals surface area contributed by atoms with Crippen molar-refractivity contribution in [2.45, 2.75) is 25.9 Å². The summed E-state index contributed by atoms with van der Waals surface area (Å²) < 4.78 is 49.3. The predicted octanol–water partition coefficient (Wildman–Crippen LogP) is 2.57. The molecule has 0 saturated carbocycles. The third-order valence-corrected chi connectivity index (χ3v) is 5.36. The zero-order valence-corrected chi connectivity index (χ0v) is 17.6. The van der Waals surface area contributed by atoms with Crippen molar-refractivity contribution in [3.05, 3.63) is 54.3 Å². The third-order valence-electron chi connectivity index (χ3n) is 4.12. The Bertz CT molecular complexity index is 917. The zero-order chi connectivity index (χ0) is 21.6. The number of carbonyl (C=O) groups is 1. The molecule has 0 saturated heterocycles. The van der Waals surface area contributed by atoms with Gasteiger partial charge >= 0.3 is 0 Å². The highest BCUT2D eigenvalue weighted by Crippen LogP contribution is 2.21. The van der Waals surface area contributed by atoms with Gasteiger partial charge in [0.25, 0.3) is 0 Å². The molecule has 2 rings (SSSR count). The molecule has 0 spiro atoms. The van der Waals surface area contributed by atoms with Gasteiger partial charge in [0.05, 0.1) is 25.1 Å². The Balaban J connectivity index is 2.01. The fraction of sp³-hybridized carbons (Fsp3) is 0.350. The minimum absolute atomic E-state index is 0.195. The molecular weight excluding hydrogens is 399 g/mol. The van der Waals surface area contributed by atoms with E-state index in [4.69, 9.17) is 9.47 Å². The second-order valence-corrected chi connectivity index (χ2v) is 8.47. The summed E-state index contributed by atoms with van der Waals surface area (Å²) in [4.78, 5) is 12.6. The van der Waals surface area contributed by atoms with Crippen molar-refractivity contribution < 1.29 is 27.1 Å². The number of anilines is 1. The number of sulfonamides is 1. The fourth-order valence-electron chi connectivity index (χ4n) is 2.70. The van der Waals surface area contributed by atoms with E-state index < -0.39 is 27.8 Å². The van der Waals surface area contributed by atoms with E-state index in [1.54, 1.807) is 38.3 Å². The van der Waals surface area contributed by atoms with Crippen LogP contribution < -0.4 is 19.1 Å². The molecule has 2 atom stereocenters. The molecule has 0 aromatic heterocycles. The highest BCUT2D eigenvalue weighted by molar-refractivity contribution is 7.92. The summed E-state index contributed by atoms with van der Waals surface area (Å²) in [5.74, 6) is 0.326. The van der Waals surface area contributed by atoms with Gasteiger partial charge in [-0.1, -0.05) is 0 Å². The molecule has 0 fully saturated rings. The molecule has 0 bridgehead atoms. The molecule has 0 aliphatic heterocycles. The lowest BCUT2D eigenvalue weighted by Crippen LogP contribution is -2.50. The van der Waals surface area contributed by atoms with Crippen LogP contribution in [0.1, 0.15) is 13.8 Å². The van der Waals surface area contributed by atoms with Crippen LogP contribution in [-0.2, 0) is 14.8 Å². The Kier molecular flexibility index (Phi) is 7.44. The van der Waals surface area contributed by atoms with Gasteiger partial charge in [-0.3, -0.25) is 9.10 Å². The van der Waals surface area contributed by atoms with Gasteiger partial charge in [0.1, 0.15) is 30.0 Å². The molecular formula is C20H25FN2O5S. The summed E-state index contributed by atoms with van der Waals surface area (Å²) in [6, 6.07) is 10.5. The van der Waals surface area contributed by atoms with Gasteiger partial charge in [-0.15, -0.1) is 0 Å². The molecule has 9 heteroatoms. The largest absolute Gasteiger partial charge is 0.497 e. The molecule has 158 valence electrons. The standard InChI is InChI=1S/C20H25FN2O5S/c1-14(13-28-19-11-9-18(27-3)10-12-19)22-20(24)15(2)23(29(4,25)26)17-7-5-16(21)6-8-17/h5-12,14-15H,13H2,1-4H3,(H,22,24)/t14-,15-/m0/s1. The van der Waals surface area contributed by atoms with Crippen LogP contribution in [-0.4, -0.2) is 46.4 Å². The van der Waals surface area contributed by atoms with Crippen molar-refractivity contribution >= 4 is 21.6 Å². The van der Waals surface area contributed by atoms with Crippen LogP contribution in [0.15, 0.2) is 48.5 Å². The highest BCUT2D eigenvalue weighted by atomic mass is 32.2. The van der Waals surface area contributed by atoms with Gasteiger partial charge in [0, 0.05) is 0 Å². The van der Waals surface area contributed by atoms with Crippen LogP contribution in [0.4, 0.5) is 10.1 Å². The van der Waals surface area contributed by atoms with E-state index in [9.17, 15) is 17.6 Å². The van der Waals surface area contributed by atoms with E-state index in [0.717, 1.165) is 22.7 Å². The lowest BCUT2D eigenvalue weighted by molar-refractivity contribution is -0.122. The van der Waals surface area contributed by atoms with Gasteiger partial charge in [-0.2, -0.15) is 0 Å². The van der Waals surface area contributed by atoms with E-state index in [2.05, 4.69) is 5.32 Å². The molecule has 0 heterocycles. The van der Waals surface area contributed by atoms with Crippen LogP contribution >= 0.6 is 0 Å².